The zero-order chi connectivity index (χ0) is 13.1. The van der Waals surface area contributed by atoms with Crippen molar-refractivity contribution in [2.75, 3.05) is 6.54 Å². The van der Waals surface area contributed by atoms with E-state index in [2.05, 4.69) is 54.7 Å². The molecule has 0 radical (unpaired) electrons. The number of allylic oxidation sites excluding steroid dienone is 2. The summed E-state index contributed by atoms with van der Waals surface area (Å²) in [6, 6.07) is 8.53. The molecule has 0 atom stereocenters. The van der Waals surface area contributed by atoms with Crippen LogP contribution in [0.1, 0.15) is 38.8 Å². The van der Waals surface area contributed by atoms with Gasteiger partial charge >= 0.3 is 0 Å². The molecule has 1 aliphatic heterocycles. The molecule has 0 saturated carbocycles. The van der Waals surface area contributed by atoms with Gasteiger partial charge in [0.05, 0.1) is 0 Å². The lowest BCUT2D eigenvalue weighted by molar-refractivity contribution is 0.995. The minimum Gasteiger partial charge on any atom is -0.381 e. The van der Waals surface area contributed by atoms with Gasteiger partial charge in [-0.05, 0) is 24.6 Å². The van der Waals surface area contributed by atoms with Crippen LogP contribution in [0.4, 0.5) is 0 Å². The summed E-state index contributed by atoms with van der Waals surface area (Å²) >= 11 is 0. The van der Waals surface area contributed by atoms with Gasteiger partial charge in [0, 0.05) is 12.2 Å². The van der Waals surface area contributed by atoms with E-state index in [9.17, 15) is 0 Å². The van der Waals surface area contributed by atoms with Gasteiger partial charge in [0.1, 0.15) is 0 Å². The van der Waals surface area contributed by atoms with Crippen molar-refractivity contribution < 1.29 is 0 Å². The predicted molar refractivity (Wildman–Crippen MR) is 79.0 cm³/mol. The van der Waals surface area contributed by atoms with Crippen LogP contribution < -0.4 is 5.32 Å². The van der Waals surface area contributed by atoms with Crippen molar-refractivity contribution in [3.63, 3.8) is 0 Å². The van der Waals surface area contributed by atoms with Crippen LogP contribution in [0, 0.1) is 6.92 Å². The molecule has 0 fully saturated rings. The van der Waals surface area contributed by atoms with Crippen molar-refractivity contribution in [1.29, 1.82) is 0 Å². The summed E-state index contributed by atoms with van der Waals surface area (Å²) in [6.45, 7) is 11.0. The summed E-state index contributed by atoms with van der Waals surface area (Å²) in [4.78, 5) is 0. The lowest BCUT2D eigenvalue weighted by Crippen LogP contribution is -2.14. The monoisotopic (exact) mass is 231 g/mol. The van der Waals surface area contributed by atoms with Gasteiger partial charge in [-0.3, -0.25) is 0 Å². The van der Waals surface area contributed by atoms with Gasteiger partial charge in [0.25, 0.3) is 0 Å². The molecule has 94 valence electrons. The molecule has 1 aromatic rings. The molecular formula is C16H25N. The van der Waals surface area contributed by atoms with E-state index < -0.39 is 0 Å². The highest BCUT2D eigenvalue weighted by atomic mass is 14.9. The number of nitrogens with one attached hydrogen (secondary N) is 1. The first kappa shape index (κ1) is 15.5. The summed E-state index contributed by atoms with van der Waals surface area (Å²) < 4.78 is 0. The molecule has 1 aromatic carbocycles. The van der Waals surface area contributed by atoms with Crippen LogP contribution >= 0.6 is 0 Å². The molecule has 1 aliphatic rings. The summed E-state index contributed by atoms with van der Waals surface area (Å²) in [5.74, 6) is 0. The van der Waals surface area contributed by atoms with Gasteiger partial charge in [0.2, 0.25) is 0 Å². The Balaban J connectivity index is 0.000000581. The molecule has 1 heterocycles. The Labute approximate surface area is 106 Å². The van der Waals surface area contributed by atoms with Crippen molar-refractivity contribution in [3.8, 4) is 0 Å². The molecule has 0 saturated heterocycles. The van der Waals surface area contributed by atoms with Crippen LogP contribution in [-0.4, -0.2) is 6.54 Å². The Bertz CT molecular complexity index is 362. The average molecular weight is 231 g/mol. The maximum absolute atomic E-state index is 3.34. The number of aryl methyl sites for hydroxylation is 1. The Hall–Kier alpha value is -1.50. The van der Waals surface area contributed by atoms with Gasteiger partial charge in [-0.2, -0.15) is 0 Å². The van der Waals surface area contributed by atoms with Crippen LogP contribution in [0.3, 0.4) is 0 Å². The molecule has 1 N–H and O–H groups in total. The maximum Gasteiger partial charge on any atom is 0.0416 e. The minimum absolute atomic E-state index is 0.930. The predicted octanol–water partition coefficient (Wildman–Crippen LogP) is 4.55. The third kappa shape index (κ3) is 5.39. The first-order valence-electron chi connectivity index (χ1n) is 6.54. The quantitative estimate of drug-likeness (QED) is 0.747. The fourth-order valence-corrected chi connectivity index (χ4v) is 1.47. The van der Waals surface area contributed by atoms with Crippen molar-refractivity contribution in [2.45, 2.75) is 34.6 Å². The van der Waals surface area contributed by atoms with Gasteiger partial charge in [0.15, 0.2) is 0 Å². The van der Waals surface area contributed by atoms with Gasteiger partial charge in [-0.15, -0.1) is 0 Å². The third-order valence-corrected chi connectivity index (χ3v) is 2.14. The molecule has 1 heteroatoms. The molecule has 17 heavy (non-hydrogen) atoms. The van der Waals surface area contributed by atoms with E-state index >= 15 is 0 Å². The molecule has 0 amide bonds. The van der Waals surface area contributed by atoms with E-state index in [0.29, 0.717) is 0 Å². The highest BCUT2D eigenvalue weighted by Crippen LogP contribution is 2.14. The highest BCUT2D eigenvalue weighted by Gasteiger charge is 2.00. The Morgan fingerprint density at radius 1 is 1.06 bits per heavy atom. The summed E-state index contributed by atoms with van der Waals surface area (Å²) in [5, 5.41) is 3.34. The van der Waals surface area contributed by atoms with Crippen LogP contribution in [-0.2, 0) is 0 Å². The molecule has 2 rings (SSSR count). The first-order chi connectivity index (χ1) is 8.36. The van der Waals surface area contributed by atoms with Crippen molar-refractivity contribution in [1.82, 2.24) is 5.32 Å². The van der Waals surface area contributed by atoms with E-state index in [-0.39, 0.29) is 0 Å². The SMILES string of the molecule is CC.CC.Cc1cccc(C2=CC=CCN2)c1. The Kier molecular flexibility index (Phi) is 8.85. The number of rotatable bonds is 1. The van der Waals surface area contributed by atoms with Crippen molar-refractivity contribution in [2.24, 2.45) is 0 Å². The Morgan fingerprint density at radius 3 is 2.29 bits per heavy atom. The number of dihydropyridines is 1. The molecule has 1 nitrogen and oxygen atoms in total. The standard InChI is InChI=1S/C12H13N.2C2H6/c1-10-5-4-6-11(9-10)12-7-2-3-8-13-12;2*1-2/h2-7,9,13H,8H2,1H3;2*1-2H3. The fourth-order valence-electron chi connectivity index (χ4n) is 1.47. The number of benzene rings is 1. The zero-order valence-electron chi connectivity index (χ0n) is 11.7. The lowest BCUT2D eigenvalue weighted by atomic mass is 10.1. The first-order valence-corrected chi connectivity index (χ1v) is 6.54. The van der Waals surface area contributed by atoms with E-state index in [1.54, 1.807) is 0 Å². The number of hydrogen-bond donors (Lipinski definition) is 1. The summed E-state index contributed by atoms with van der Waals surface area (Å²) in [7, 11) is 0. The van der Waals surface area contributed by atoms with Crippen LogP contribution in [0.15, 0.2) is 42.5 Å². The molecule has 0 aromatic heterocycles. The average Bonchev–Trinajstić information content (AvgIpc) is 2.44. The van der Waals surface area contributed by atoms with Crippen LogP contribution in [0.25, 0.3) is 5.70 Å². The summed E-state index contributed by atoms with van der Waals surface area (Å²) in [6.07, 6.45) is 6.31. The molecule has 0 spiro atoms. The van der Waals surface area contributed by atoms with E-state index in [1.807, 2.05) is 27.7 Å². The second kappa shape index (κ2) is 9.71. The van der Waals surface area contributed by atoms with Gasteiger partial charge in [-0.25, -0.2) is 0 Å². The fraction of sp³-hybridized carbons (Fsp3) is 0.375. The normalized spacial score (nSPS) is 12.2. The van der Waals surface area contributed by atoms with Crippen LogP contribution in [0.5, 0.6) is 0 Å². The third-order valence-electron chi connectivity index (χ3n) is 2.14. The molecular weight excluding hydrogens is 206 g/mol. The zero-order valence-corrected chi connectivity index (χ0v) is 11.7. The number of hydrogen-bond acceptors (Lipinski definition) is 1. The topological polar surface area (TPSA) is 12.0 Å². The highest BCUT2D eigenvalue weighted by molar-refractivity contribution is 5.67. The van der Waals surface area contributed by atoms with Gasteiger partial charge < -0.3 is 5.32 Å². The largest absolute Gasteiger partial charge is 0.381 e. The Morgan fingerprint density at radius 2 is 1.76 bits per heavy atom. The van der Waals surface area contributed by atoms with E-state index in [4.69, 9.17) is 0 Å². The summed E-state index contributed by atoms with van der Waals surface area (Å²) in [5.41, 5.74) is 3.78. The van der Waals surface area contributed by atoms with Crippen molar-refractivity contribution in [3.05, 3.63) is 53.6 Å². The molecule has 0 bridgehead atoms. The van der Waals surface area contributed by atoms with Crippen molar-refractivity contribution >= 4 is 5.70 Å². The lowest BCUT2D eigenvalue weighted by Gasteiger charge is -2.12. The minimum atomic E-state index is 0.930. The van der Waals surface area contributed by atoms with Gasteiger partial charge in [-0.1, -0.05) is 63.6 Å². The van der Waals surface area contributed by atoms with E-state index in [0.717, 1.165) is 6.54 Å². The smallest absolute Gasteiger partial charge is 0.0416 e. The molecule has 0 unspecified atom stereocenters. The second-order valence-electron chi connectivity index (χ2n) is 3.26. The molecule has 0 aliphatic carbocycles. The van der Waals surface area contributed by atoms with Crippen LogP contribution in [0.2, 0.25) is 0 Å². The van der Waals surface area contributed by atoms with E-state index in [1.165, 1.54) is 16.8 Å². The maximum atomic E-state index is 3.34. The second-order valence-corrected chi connectivity index (χ2v) is 3.26.